The van der Waals surface area contributed by atoms with Crippen molar-refractivity contribution in [2.24, 2.45) is 5.92 Å². The molecule has 1 N–H and O–H groups in total. The number of carbonyl (C=O) groups is 1. The average molecular weight is 254 g/mol. The van der Waals surface area contributed by atoms with E-state index < -0.39 is 9.84 Å². The van der Waals surface area contributed by atoms with Crippen molar-refractivity contribution in [2.45, 2.75) is 6.42 Å². The number of pyridine rings is 1. The van der Waals surface area contributed by atoms with Gasteiger partial charge in [0.15, 0.2) is 9.84 Å². The highest BCUT2D eigenvalue weighted by atomic mass is 32.2. The Morgan fingerprint density at radius 2 is 2.35 bits per heavy atom. The summed E-state index contributed by atoms with van der Waals surface area (Å²) in [5.74, 6) is 0.254. The third kappa shape index (κ3) is 3.26. The van der Waals surface area contributed by atoms with E-state index in [0.29, 0.717) is 18.5 Å². The van der Waals surface area contributed by atoms with E-state index in [4.69, 9.17) is 0 Å². The Kier molecular flexibility index (Phi) is 3.42. The Morgan fingerprint density at radius 3 is 2.94 bits per heavy atom. The molecule has 0 bridgehead atoms. The first-order valence-electron chi connectivity index (χ1n) is 5.45. The quantitative estimate of drug-likeness (QED) is 0.838. The van der Waals surface area contributed by atoms with Crippen molar-refractivity contribution in [3.05, 3.63) is 30.1 Å². The van der Waals surface area contributed by atoms with Gasteiger partial charge in [-0.25, -0.2) is 8.42 Å². The molecule has 1 amide bonds. The molecule has 2 rings (SSSR count). The molecule has 1 aromatic heterocycles. The number of amides is 1. The molecule has 0 saturated carbocycles. The number of sulfone groups is 1. The molecule has 0 radical (unpaired) electrons. The van der Waals surface area contributed by atoms with Crippen LogP contribution in [0.2, 0.25) is 0 Å². The van der Waals surface area contributed by atoms with Gasteiger partial charge in [0.25, 0.3) is 5.91 Å². The predicted molar refractivity (Wildman–Crippen MR) is 63.3 cm³/mol. The third-order valence-corrected chi connectivity index (χ3v) is 4.64. The Labute approximate surface area is 100 Å². The first kappa shape index (κ1) is 12.0. The lowest BCUT2D eigenvalue weighted by Crippen LogP contribution is -2.29. The maximum Gasteiger partial charge on any atom is 0.252 e. The Balaban J connectivity index is 1.86. The summed E-state index contributed by atoms with van der Waals surface area (Å²) in [5.41, 5.74) is 0.494. The summed E-state index contributed by atoms with van der Waals surface area (Å²) in [4.78, 5) is 15.5. The average Bonchev–Trinajstić information content (AvgIpc) is 2.67. The maximum absolute atomic E-state index is 11.7. The molecule has 5 nitrogen and oxygen atoms in total. The van der Waals surface area contributed by atoms with Crippen molar-refractivity contribution in [3.8, 4) is 0 Å². The Morgan fingerprint density at radius 1 is 1.53 bits per heavy atom. The zero-order valence-electron chi connectivity index (χ0n) is 9.30. The van der Waals surface area contributed by atoms with E-state index in [1.807, 2.05) is 0 Å². The van der Waals surface area contributed by atoms with Crippen molar-refractivity contribution in [1.29, 1.82) is 0 Å². The van der Waals surface area contributed by atoms with Gasteiger partial charge in [-0.15, -0.1) is 0 Å². The second-order valence-electron chi connectivity index (χ2n) is 4.22. The highest BCUT2D eigenvalue weighted by Gasteiger charge is 2.27. The molecule has 1 aliphatic heterocycles. The van der Waals surface area contributed by atoms with E-state index in [2.05, 4.69) is 10.3 Å². The van der Waals surface area contributed by atoms with Crippen molar-refractivity contribution in [1.82, 2.24) is 10.3 Å². The summed E-state index contributed by atoms with van der Waals surface area (Å²) in [6, 6.07) is 3.36. The van der Waals surface area contributed by atoms with Gasteiger partial charge in [0, 0.05) is 18.9 Å². The molecule has 1 fully saturated rings. The SMILES string of the molecule is O=C(NC[C@@H]1CCS(=O)(=O)C1)c1cccnc1. The molecule has 0 aromatic carbocycles. The molecular formula is C11H14N2O3S. The minimum absolute atomic E-state index is 0.0422. The lowest BCUT2D eigenvalue weighted by Gasteiger charge is -2.09. The summed E-state index contributed by atoms with van der Waals surface area (Å²) in [6.45, 7) is 0.410. The van der Waals surface area contributed by atoms with Crippen LogP contribution in [0, 0.1) is 5.92 Å². The Bertz CT molecular complexity index is 499. The molecule has 92 valence electrons. The Hall–Kier alpha value is -1.43. The van der Waals surface area contributed by atoms with Gasteiger partial charge in [-0.3, -0.25) is 9.78 Å². The molecular weight excluding hydrogens is 240 g/mol. The van der Waals surface area contributed by atoms with Gasteiger partial charge in [-0.2, -0.15) is 0 Å². The van der Waals surface area contributed by atoms with Gasteiger partial charge in [-0.05, 0) is 24.5 Å². The topological polar surface area (TPSA) is 76.1 Å². The van der Waals surface area contributed by atoms with Crippen LogP contribution in [0.4, 0.5) is 0 Å². The summed E-state index contributed by atoms with van der Waals surface area (Å²) in [5, 5.41) is 2.74. The summed E-state index contributed by atoms with van der Waals surface area (Å²) >= 11 is 0. The highest BCUT2D eigenvalue weighted by Crippen LogP contribution is 2.17. The number of carbonyl (C=O) groups excluding carboxylic acids is 1. The van der Waals surface area contributed by atoms with Gasteiger partial charge < -0.3 is 5.32 Å². The zero-order chi connectivity index (χ0) is 12.3. The van der Waals surface area contributed by atoms with Gasteiger partial charge in [-0.1, -0.05) is 0 Å². The van der Waals surface area contributed by atoms with Gasteiger partial charge in [0.2, 0.25) is 0 Å². The normalized spacial score (nSPS) is 22.2. The summed E-state index contributed by atoms with van der Waals surface area (Å²) in [6.07, 6.45) is 3.72. The van der Waals surface area contributed by atoms with Crippen LogP contribution in [0.25, 0.3) is 0 Å². The molecule has 0 spiro atoms. The van der Waals surface area contributed by atoms with E-state index >= 15 is 0 Å². The van der Waals surface area contributed by atoms with Crippen molar-refractivity contribution < 1.29 is 13.2 Å². The number of nitrogens with one attached hydrogen (secondary N) is 1. The minimum Gasteiger partial charge on any atom is -0.352 e. The molecule has 6 heteroatoms. The maximum atomic E-state index is 11.7. The first-order chi connectivity index (χ1) is 8.07. The van der Waals surface area contributed by atoms with Crippen molar-refractivity contribution in [2.75, 3.05) is 18.1 Å². The van der Waals surface area contributed by atoms with Gasteiger partial charge in [0.05, 0.1) is 17.1 Å². The molecule has 1 aromatic rings. The van der Waals surface area contributed by atoms with E-state index in [0.717, 1.165) is 0 Å². The fourth-order valence-corrected chi connectivity index (χ4v) is 3.73. The van der Waals surface area contributed by atoms with Crippen LogP contribution >= 0.6 is 0 Å². The molecule has 2 heterocycles. The number of nitrogens with zero attached hydrogens (tertiary/aromatic N) is 1. The predicted octanol–water partition coefficient (Wildman–Crippen LogP) is 0.246. The molecule has 0 aliphatic carbocycles. The summed E-state index contributed by atoms with van der Waals surface area (Å²) < 4.78 is 22.5. The minimum atomic E-state index is -2.87. The second-order valence-corrected chi connectivity index (χ2v) is 6.45. The lowest BCUT2D eigenvalue weighted by molar-refractivity contribution is 0.0948. The number of rotatable bonds is 3. The summed E-state index contributed by atoms with van der Waals surface area (Å²) in [7, 11) is -2.87. The molecule has 1 atom stereocenters. The number of hydrogen-bond acceptors (Lipinski definition) is 4. The van der Waals surface area contributed by atoms with Crippen LogP contribution in [0.1, 0.15) is 16.8 Å². The van der Waals surface area contributed by atoms with Crippen LogP contribution in [-0.2, 0) is 9.84 Å². The first-order valence-corrected chi connectivity index (χ1v) is 7.27. The van der Waals surface area contributed by atoms with Gasteiger partial charge >= 0.3 is 0 Å². The lowest BCUT2D eigenvalue weighted by atomic mass is 10.1. The van der Waals surface area contributed by atoms with Crippen LogP contribution in [0.3, 0.4) is 0 Å². The molecule has 17 heavy (non-hydrogen) atoms. The van der Waals surface area contributed by atoms with Crippen LogP contribution in [-0.4, -0.2) is 37.4 Å². The number of hydrogen-bond donors (Lipinski definition) is 1. The number of aromatic nitrogens is 1. The van der Waals surface area contributed by atoms with E-state index in [-0.39, 0.29) is 23.3 Å². The standard InChI is InChI=1S/C11H14N2O3S/c14-11(10-2-1-4-12-7-10)13-6-9-3-5-17(15,16)8-9/h1-2,4,7,9H,3,5-6,8H2,(H,13,14)/t9-/m0/s1. The van der Waals surface area contributed by atoms with E-state index in [9.17, 15) is 13.2 Å². The van der Waals surface area contributed by atoms with Crippen LogP contribution in [0.15, 0.2) is 24.5 Å². The third-order valence-electron chi connectivity index (χ3n) is 2.80. The van der Waals surface area contributed by atoms with Crippen molar-refractivity contribution in [3.63, 3.8) is 0 Å². The molecule has 1 saturated heterocycles. The fourth-order valence-electron chi connectivity index (χ4n) is 1.87. The van der Waals surface area contributed by atoms with Crippen LogP contribution < -0.4 is 5.32 Å². The van der Waals surface area contributed by atoms with Gasteiger partial charge in [0.1, 0.15) is 0 Å². The van der Waals surface area contributed by atoms with Crippen LogP contribution in [0.5, 0.6) is 0 Å². The molecule has 0 unspecified atom stereocenters. The zero-order valence-corrected chi connectivity index (χ0v) is 10.1. The van der Waals surface area contributed by atoms with Crippen molar-refractivity contribution >= 4 is 15.7 Å². The second kappa shape index (κ2) is 4.83. The largest absolute Gasteiger partial charge is 0.352 e. The smallest absolute Gasteiger partial charge is 0.252 e. The van der Waals surface area contributed by atoms with E-state index in [1.54, 1.807) is 18.3 Å². The fraction of sp³-hybridized carbons (Fsp3) is 0.455. The molecule has 1 aliphatic rings. The van der Waals surface area contributed by atoms with E-state index in [1.165, 1.54) is 6.20 Å². The monoisotopic (exact) mass is 254 g/mol. The highest BCUT2D eigenvalue weighted by molar-refractivity contribution is 7.91.